The summed E-state index contributed by atoms with van der Waals surface area (Å²) in [5, 5.41) is 11.4. The molecular formula is C31H34N4O6. The lowest BCUT2D eigenvalue weighted by atomic mass is 9.95. The summed E-state index contributed by atoms with van der Waals surface area (Å²) in [7, 11) is 1.28. The minimum absolute atomic E-state index is 0.0529. The second kappa shape index (κ2) is 13.7. The van der Waals surface area contributed by atoms with Gasteiger partial charge in [-0.1, -0.05) is 36.1 Å². The SMILES string of the molecule is COC(=O)C1=C(C)N(c2cccc([N+](=O)[O-])c2)C(C)=C(C(=O)OCCN2CCN(CC#Cc3ccccc3)CC2)C1. The first-order valence-electron chi connectivity index (χ1n) is 13.5. The molecule has 0 unspecified atom stereocenters. The van der Waals surface area contributed by atoms with Crippen LogP contribution in [-0.4, -0.2) is 79.6 Å². The van der Waals surface area contributed by atoms with E-state index < -0.39 is 16.9 Å². The first-order chi connectivity index (χ1) is 19.8. The number of esters is 2. The number of hydrogen-bond acceptors (Lipinski definition) is 9. The van der Waals surface area contributed by atoms with Gasteiger partial charge in [-0.25, -0.2) is 9.59 Å². The largest absolute Gasteiger partial charge is 0.466 e. The highest BCUT2D eigenvalue weighted by molar-refractivity contribution is 5.98. The second-order valence-electron chi connectivity index (χ2n) is 9.83. The Kier molecular flexibility index (Phi) is 9.90. The number of non-ortho nitro benzene ring substituents is 1. The smallest absolute Gasteiger partial charge is 0.336 e. The van der Waals surface area contributed by atoms with Crippen molar-refractivity contribution in [3.63, 3.8) is 0 Å². The van der Waals surface area contributed by atoms with Crippen molar-refractivity contribution in [1.82, 2.24) is 9.80 Å². The highest BCUT2D eigenvalue weighted by Gasteiger charge is 2.32. The molecule has 2 aromatic carbocycles. The normalized spacial score (nSPS) is 16.2. The van der Waals surface area contributed by atoms with Crippen LogP contribution in [0.4, 0.5) is 11.4 Å². The lowest BCUT2D eigenvalue weighted by molar-refractivity contribution is -0.384. The van der Waals surface area contributed by atoms with E-state index in [0.29, 0.717) is 41.3 Å². The van der Waals surface area contributed by atoms with Crippen LogP contribution < -0.4 is 4.90 Å². The van der Waals surface area contributed by atoms with Crippen LogP contribution in [0.5, 0.6) is 0 Å². The molecule has 0 amide bonds. The molecule has 10 heteroatoms. The topological polar surface area (TPSA) is 105 Å². The monoisotopic (exact) mass is 558 g/mol. The lowest BCUT2D eigenvalue weighted by Crippen LogP contribution is -2.47. The molecule has 2 heterocycles. The van der Waals surface area contributed by atoms with E-state index in [4.69, 9.17) is 9.47 Å². The van der Waals surface area contributed by atoms with Gasteiger partial charge in [-0.05, 0) is 32.0 Å². The molecule has 0 aliphatic carbocycles. The van der Waals surface area contributed by atoms with Crippen LogP contribution in [0.1, 0.15) is 25.8 Å². The number of nitrogens with zero attached hydrogens (tertiary/aromatic N) is 4. The second-order valence-corrected chi connectivity index (χ2v) is 9.83. The molecule has 10 nitrogen and oxygen atoms in total. The number of hydrogen-bond donors (Lipinski definition) is 0. The summed E-state index contributed by atoms with van der Waals surface area (Å²) in [5.41, 5.74) is 3.07. The first-order valence-corrected chi connectivity index (χ1v) is 13.5. The van der Waals surface area contributed by atoms with Crippen molar-refractivity contribution in [3.05, 3.63) is 92.8 Å². The van der Waals surface area contributed by atoms with Crippen LogP contribution in [0.2, 0.25) is 0 Å². The van der Waals surface area contributed by atoms with E-state index >= 15 is 0 Å². The molecule has 2 aliphatic heterocycles. The number of piperazine rings is 1. The first kappa shape index (κ1) is 29.5. The number of benzene rings is 2. The van der Waals surface area contributed by atoms with E-state index in [0.717, 1.165) is 31.7 Å². The van der Waals surface area contributed by atoms with E-state index in [1.54, 1.807) is 30.9 Å². The van der Waals surface area contributed by atoms with E-state index in [2.05, 4.69) is 21.6 Å². The van der Waals surface area contributed by atoms with Crippen molar-refractivity contribution in [2.75, 3.05) is 57.9 Å². The quantitative estimate of drug-likeness (QED) is 0.207. The van der Waals surface area contributed by atoms with Crippen LogP contribution in [0, 0.1) is 22.0 Å². The summed E-state index contributed by atoms with van der Waals surface area (Å²) in [6.45, 7) is 8.44. The number of nitro benzene ring substituents is 1. The van der Waals surface area contributed by atoms with Crippen molar-refractivity contribution >= 4 is 23.3 Å². The number of carbonyl (C=O) groups excluding carboxylic acids is 2. The van der Waals surface area contributed by atoms with Crippen molar-refractivity contribution in [3.8, 4) is 11.8 Å². The predicted molar refractivity (Wildman–Crippen MR) is 155 cm³/mol. The fourth-order valence-corrected chi connectivity index (χ4v) is 4.95. The molecule has 1 saturated heterocycles. The van der Waals surface area contributed by atoms with Gasteiger partial charge in [-0.15, -0.1) is 0 Å². The number of ether oxygens (including phenoxy) is 2. The zero-order chi connectivity index (χ0) is 29.4. The van der Waals surface area contributed by atoms with E-state index in [9.17, 15) is 19.7 Å². The standard InChI is InChI=1S/C31H34N4O6/c1-23-28(30(36)40-3)22-29(24(2)34(23)26-12-7-13-27(21-26)35(38)39)31(37)41-20-19-33-17-15-32(16-18-33)14-8-11-25-9-5-4-6-10-25/h4-7,9-10,12-13,21H,14-20,22H2,1-3H3. The summed E-state index contributed by atoms with van der Waals surface area (Å²) >= 11 is 0. The van der Waals surface area contributed by atoms with Gasteiger partial charge in [0.1, 0.15) is 6.61 Å². The van der Waals surface area contributed by atoms with E-state index in [1.165, 1.54) is 19.2 Å². The van der Waals surface area contributed by atoms with E-state index in [-0.39, 0.29) is 18.7 Å². The number of methoxy groups -OCH3 is 1. The third kappa shape index (κ3) is 7.39. The van der Waals surface area contributed by atoms with E-state index in [1.807, 2.05) is 30.3 Å². The Morgan fingerprint density at radius 1 is 0.927 bits per heavy atom. The molecule has 1 fully saturated rings. The number of rotatable bonds is 8. The fourth-order valence-electron chi connectivity index (χ4n) is 4.95. The highest BCUT2D eigenvalue weighted by atomic mass is 16.6. The van der Waals surface area contributed by atoms with Gasteiger partial charge in [0.25, 0.3) is 5.69 Å². The van der Waals surface area contributed by atoms with Gasteiger partial charge in [-0.2, -0.15) is 0 Å². The van der Waals surface area contributed by atoms with Gasteiger partial charge in [0.2, 0.25) is 0 Å². The minimum atomic E-state index is -0.568. The maximum atomic E-state index is 13.2. The number of nitro groups is 1. The Hall–Kier alpha value is -4.46. The van der Waals surface area contributed by atoms with Crippen LogP contribution in [0.25, 0.3) is 0 Å². The molecule has 2 aliphatic rings. The maximum absolute atomic E-state index is 13.2. The van der Waals surface area contributed by atoms with Crippen molar-refractivity contribution in [2.45, 2.75) is 20.3 Å². The zero-order valence-corrected chi connectivity index (χ0v) is 23.6. The number of anilines is 1. The van der Waals surface area contributed by atoms with Crippen molar-refractivity contribution in [1.29, 1.82) is 0 Å². The number of carbonyl (C=O) groups is 2. The van der Waals surface area contributed by atoms with Gasteiger partial charge >= 0.3 is 11.9 Å². The Morgan fingerprint density at radius 2 is 1.59 bits per heavy atom. The summed E-state index contributed by atoms with van der Waals surface area (Å²) < 4.78 is 10.6. The zero-order valence-electron chi connectivity index (χ0n) is 23.6. The van der Waals surface area contributed by atoms with Gasteiger partial charge in [0, 0.05) is 68.2 Å². The molecule has 0 saturated carbocycles. The van der Waals surface area contributed by atoms with Gasteiger partial charge in [0.15, 0.2) is 0 Å². The third-order valence-electron chi connectivity index (χ3n) is 7.29. The Balaban J connectivity index is 1.36. The van der Waals surface area contributed by atoms with Crippen molar-refractivity contribution < 1.29 is 24.0 Å². The van der Waals surface area contributed by atoms with Gasteiger partial charge in [0.05, 0.1) is 35.4 Å². The summed E-state index contributed by atoms with van der Waals surface area (Å²) in [4.78, 5) is 42.9. The molecule has 0 atom stereocenters. The average molecular weight is 559 g/mol. The highest BCUT2D eigenvalue weighted by Crippen LogP contribution is 2.36. The average Bonchev–Trinajstić information content (AvgIpc) is 2.98. The molecule has 0 spiro atoms. The fraction of sp³-hybridized carbons (Fsp3) is 0.355. The molecule has 0 N–H and O–H groups in total. The Morgan fingerprint density at radius 3 is 2.24 bits per heavy atom. The molecule has 0 aromatic heterocycles. The Bertz CT molecular complexity index is 1410. The molecule has 214 valence electrons. The molecular weight excluding hydrogens is 524 g/mol. The molecule has 4 rings (SSSR count). The third-order valence-corrected chi connectivity index (χ3v) is 7.29. The maximum Gasteiger partial charge on any atom is 0.336 e. The summed E-state index contributed by atoms with van der Waals surface area (Å²) in [6.07, 6.45) is 0.0529. The molecule has 0 bridgehead atoms. The van der Waals surface area contributed by atoms with Gasteiger partial charge < -0.3 is 14.4 Å². The number of allylic oxidation sites excluding steroid dienone is 2. The lowest BCUT2D eigenvalue weighted by Gasteiger charge is -2.34. The summed E-state index contributed by atoms with van der Waals surface area (Å²) in [6, 6.07) is 16.0. The molecule has 41 heavy (non-hydrogen) atoms. The summed E-state index contributed by atoms with van der Waals surface area (Å²) in [5.74, 6) is 5.33. The predicted octanol–water partition coefficient (Wildman–Crippen LogP) is 3.74. The minimum Gasteiger partial charge on any atom is -0.466 e. The van der Waals surface area contributed by atoms with Crippen LogP contribution in [0.3, 0.4) is 0 Å². The molecule has 2 aromatic rings. The van der Waals surface area contributed by atoms with Crippen LogP contribution in [0.15, 0.2) is 77.1 Å². The van der Waals surface area contributed by atoms with Crippen molar-refractivity contribution in [2.24, 2.45) is 0 Å². The van der Waals surface area contributed by atoms with Crippen LogP contribution in [-0.2, 0) is 19.1 Å². The molecule has 0 radical (unpaired) electrons. The van der Waals surface area contributed by atoms with Crippen LogP contribution >= 0.6 is 0 Å². The van der Waals surface area contributed by atoms with Gasteiger partial charge in [-0.3, -0.25) is 19.9 Å². The Labute approximate surface area is 240 Å².